The third-order valence-corrected chi connectivity index (χ3v) is 14.5. The summed E-state index contributed by atoms with van der Waals surface area (Å²) in [6.45, 7) is 11.1. The molecule has 10 aromatic rings. The number of anilines is 1. The summed E-state index contributed by atoms with van der Waals surface area (Å²) in [5, 5.41) is 4.75. The minimum absolute atomic E-state index is 0.0165. The lowest BCUT2D eigenvalue weighted by molar-refractivity contribution is 0.572. The van der Waals surface area contributed by atoms with E-state index in [1.807, 2.05) is 39.1 Å². The molecule has 0 amide bonds. The highest BCUT2D eigenvalue weighted by Crippen LogP contribution is 2.48. The zero-order valence-electron chi connectivity index (χ0n) is 44.5. The summed E-state index contributed by atoms with van der Waals surface area (Å²) in [6, 6.07) is 61.4. The Labute approximate surface area is 449 Å². The standard InChI is InChI=1S/C56H40N2O.C8H14.C6H7N.C2H6/c1-10-30-56(31-11-1)37-57(53-25-9-6-22-50(53)56)44-19-3-2-14-42(34-44)40-17-12-15-38(32-40)39-16-13-18-41(33-39)43-26-28-54-48(35-43)49-36-45(27-29-55(49)59-54)58-51-23-7-4-20-46(51)47-21-5-8-24-52(47)58;1-3-5-7-8-6-4-2;1-6-3-2-4-7-5-6;1-2/h1-18,20-30,32-36H,19,31,37H2;3-6H,7-8H2,1-2H3;2-5H,1H3;1-2H3/b;5-3-,6-4-;;. The largest absolute Gasteiger partial charge is 0.456 e. The zero-order valence-corrected chi connectivity index (χ0v) is 44.5. The first kappa shape index (κ1) is 50.8. The van der Waals surface area contributed by atoms with Gasteiger partial charge in [0.05, 0.1) is 11.0 Å². The van der Waals surface area contributed by atoms with Crippen molar-refractivity contribution in [1.82, 2.24) is 9.55 Å². The maximum Gasteiger partial charge on any atom is 0.135 e. The van der Waals surface area contributed by atoms with Gasteiger partial charge in [-0.05, 0) is 157 Å². The van der Waals surface area contributed by atoms with Gasteiger partial charge in [0.1, 0.15) is 11.2 Å². The fourth-order valence-corrected chi connectivity index (χ4v) is 10.9. The van der Waals surface area contributed by atoms with E-state index >= 15 is 0 Å². The van der Waals surface area contributed by atoms with Crippen LogP contribution in [0, 0.1) is 6.92 Å². The first-order valence-electron chi connectivity index (χ1n) is 27.0. The molecule has 0 saturated carbocycles. The molecule has 0 radical (unpaired) electrons. The van der Waals surface area contributed by atoms with Gasteiger partial charge in [0, 0.05) is 69.4 Å². The van der Waals surface area contributed by atoms with Crippen LogP contribution < -0.4 is 4.90 Å². The van der Waals surface area contributed by atoms with Crippen LogP contribution in [0.5, 0.6) is 0 Å². The predicted octanol–water partition coefficient (Wildman–Crippen LogP) is 19.9. The van der Waals surface area contributed by atoms with E-state index in [4.69, 9.17) is 4.42 Å². The second-order valence-corrected chi connectivity index (χ2v) is 19.4. The summed E-state index contributed by atoms with van der Waals surface area (Å²) in [5.41, 5.74) is 17.8. The topological polar surface area (TPSA) is 34.2 Å². The third-order valence-electron chi connectivity index (χ3n) is 14.5. The predicted molar refractivity (Wildman–Crippen MR) is 326 cm³/mol. The van der Waals surface area contributed by atoms with Crippen molar-refractivity contribution in [2.75, 3.05) is 11.4 Å². The third kappa shape index (κ3) is 10.6. The SMILES string of the molecule is C/C=C\CC/C=C\C.C1=CCC(N2CC3(C=CC=CC3)c3ccccc32)=CC(c2cccc(-c3cccc(-c4ccc5oc6ccc(-n7c8ccccc8c8ccccc87)cc6c5c4)c3)c2)=C1.CC.Cc1cccnc1. The van der Waals surface area contributed by atoms with Gasteiger partial charge in [-0.2, -0.15) is 0 Å². The molecule has 4 nitrogen and oxygen atoms in total. The molecule has 76 heavy (non-hydrogen) atoms. The molecule has 1 spiro atoms. The zero-order chi connectivity index (χ0) is 52.3. The quantitative estimate of drug-likeness (QED) is 0.112. The van der Waals surface area contributed by atoms with E-state index in [1.165, 1.54) is 85.0 Å². The fraction of sp³-hybridized carbons (Fsp3) is 0.153. The maximum absolute atomic E-state index is 6.42. The molecule has 0 N–H and O–H groups in total. The molecule has 3 aromatic heterocycles. The number of furan rings is 1. The van der Waals surface area contributed by atoms with Crippen molar-refractivity contribution in [1.29, 1.82) is 0 Å². The molecule has 7 aromatic carbocycles. The average molecular weight is 990 g/mol. The Kier molecular flexibility index (Phi) is 15.8. The maximum atomic E-state index is 6.42. The van der Waals surface area contributed by atoms with E-state index in [-0.39, 0.29) is 5.41 Å². The molecule has 1 unspecified atom stereocenters. The van der Waals surface area contributed by atoms with Gasteiger partial charge >= 0.3 is 0 Å². The molecule has 1 aliphatic heterocycles. The molecule has 0 saturated heterocycles. The smallest absolute Gasteiger partial charge is 0.135 e. The normalized spacial score (nSPS) is 15.6. The van der Waals surface area contributed by atoms with E-state index in [9.17, 15) is 0 Å². The van der Waals surface area contributed by atoms with Gasteiger partial charge in [-0.25, -0.2) is 0 Å². The number of pyridine rings is 1. The molecule has 0 fully saturated rings. The Balaban J connectivity index is 0.000000335. The van der Waals surface area contributed by atoms with Crippen molar-refractivity contribution in [2.45, 2.75) is 65.7 Å². The summed E-state index contributed by atoms with van der Waals surface area (Å²) >= 11 is 0. The molecule has 3 aliphatic rings. The van der Waals surface area contributed by atoms with Crippen LogP contribution >= 0.6 is 0 Å². The van der Waals surface area contributed by atoms with E-state index < -0.39 is 0 Å². The summed E-state index contributed by atoms with van der Waals surface area (Å²) in [5.74, 6) is 0. The van der Waals surface area contributed by atoms with Gasteiger partial charge in [-0.3, -0.25) is 4.98 Å². The number of hydrogen-bond acceptors (Lipinski definition) is 3. The lowest BCUT2D eigenvalue weighted by Gasteiger charge is -2.29. The van der Waals surface area contributed by atoms with Crippen molar-refractivity contribution in [3.8, 4) is 27.9 Å². The average Bonchev–Trinajstić information content (AvgIpc) is 4.09. The number of unbranched alkanes of at least 4 members (excludes halogenated alkanes) is 1. The fourth-order valence-electron chi connectivity index (χ4n) is 10.9. The van der Waals surface area contributed by atoms with Gasteiger partial charge < -0.3 is 13.9 Å². The van der Waals surface area contributed by atoms with Gasteiger partial charge in [-0.15, -0.1) is 0 Å². The van der Waals surface area contributed by atoms with Gasteiger partial charge in [0.2, 0.25) is 0 Å². The van der Waals surface area contributed by atoms with Crippen LogP contribution in [0.2, 0.25) is 0 Å². The number of allylic oxidation sites excluding steroid dienone is 12. The lowest BCUT2D eigenvalue weighted by atomic mass is 9.77. The lowest BCUT2D eigenvalue weighted by Crippen LogP contribution is -2.32. The van der Waals surface area contributed by atoms with Crippen molar-refractivity contribution >= 4 is 55.0 Å². The number of aryl methyl sites for hydroxylation is 1. The van der Waals surface area contributed by atoms with Crippen LogP contribution in [0.3, 0.4) is 0 Å². The Morgan fingerprint density at radius 3 is 1.86 bits per heavy atom. The van der Waals surface area contributed by atoms with E-state index in [2.05, 4.69) is 259 Å². The highest BCUT2D eigenvalue weighted by atomic mass is 16.3. The number of para-hydroxylation sites is 3. The second-order valence-electron chi connectivity index (χ2n) is 19.4. The Bertz CT molecular complexity index is 3810. The Hall–Kier alpha value is -8.73. The van der Waals surface area contributed by atoms with Gasteiger partial charge in [0.15, 0.2) is 0 Å². The van der Waals surface area contributed by atoms with Crippen LogP contribution in [0.1, 0.15) is 70.1 Å². The summed E-state index contributed by atoms with van der Waals surface area (Å²) in [4.78, 5) is 6.44. The Morgan fingerprint density at radius 1 is 0.579 bits per heavy atom. The molecule has 2 aliphatic carbocycles. The van der Waals surface area contributed by atoms with E-state index in [0.717, 1.165) is 52.6 Å². The first-order chi connectivity index (χ1) is 37.5. The molecular formula is C72H67N3O. The summed E-state index contributed by atoms with van der Waals surface area (Å²) in [6.07, 6.45) is 34.7. The summed E-state index contributed by atoms with van der Waals surface area (Å²) < 4.78 is 8.79. The van der Waals surface area contributed by atoms with E-state index in [0.29, 0.717) is 0 Å². The number of benzene rings is 7. The minimum atomic E-state index is 0.0165. The molecule has 376 valence electrons. The monoisotopic (exact) mass is 990 g/mol. The molecule has 13 rings (SSSR count). The molecule has 1 atom stereocenters. The van der Waals surface area contributed by atoms with Crippen LogP contribution in [-0.2, 0) is 5.41 Å². The molecule has 0 bridgehead atoms. The van der Waals surface area contributed by atoms with Crippen LogP contribution in [0.15, 0.2) is 265 Å². The Morgan fingerprint density at radius 2 is 1.21 bits per heavy atom. The van der Waals surface area contributed by atoms with Gasteiger partial charge in [-0.1, -0.05) is 184 Å². The second kappa shape index (κ2) is 23.6. The molecule has 4 heterocycles. The molecular weight excluding hydrogens is 923 g/mol. The highest BCUT2D eigenvalue weighted by molar-refractivity contribution is 6.11. The van der Waals surface area contributed by atoms with Crippen LogP contribution in [0.25, 0.3) is 77.3 Å². The van der Waals surface area contributed by atoms with Crippen molar-refractivity contribution in [3.63, 3.8) is 0 Å². The van der Waals surface area contributed by atoms with Crippen molar-refractivity contribution in [2.24, 2.45) is 0 Å². The van der Waals surface area contributed by atoms with E-state index in [1.54, 1.807) is 6.20 Å². The number of fused-ring (bicyclic) bond motifs is 8. The number of aromatic nitrogens is 2. The summed E-state index contributed by atoms with van der Waals surface area (Å²) in [7, 11) is 0. The first-order valence-corrected chi connectivity index (χ1v) is 27.0. The van der Waals surface area contributed by atoms with Crippen LogP contribution in [0.4, 0.5) is 5.69 Å². The van der Waals surface area contributed by atoms with Crippen molar-refractivity contribution < 1.29 is 4.42 Å². The number of hydrogen-bond donors (Lipinski definition) is 0. The van der Waals surface area contributed by atoms with Crippen molar-refractivity contribution in [3.05, 3.63) is 278 Å². The number of nitrogens with zero attached hydrogens (tertiary/aromatic N) is 3. The highest BCUT2D eigenvalue weighted by Gasteiger charge is 2.41. The minimum Gasteiger partial charge on any atom is -0.456 e. The van der Waals surface area contributed by atoms with Gasteiger partial charge in [0.25, 0.3) is 0 Å². The number of rotatable bonds is 8. The molecule has 4 heteroatoms. The van der Waals surface area contributed by atoms with Crippen LogP contribution in [-0.4, -0.2) is 16.1 Å².